The van der Waals surface area contributed by atoms with Gasteiger partial charge in [0.05, 0.1) is 6.26 Å². The molecule has 0 aliphatic carbocycles. The maximum Gasteiger partial charge on any atom is 0.110 e. The maximum absolute atomic E-state index is 5.38. The summed E-state index contributed by atoms with van der Waals surface area (Å²) in [5, 5.41) is 0. The summed E-state index contributed by atoms with van der Waals surface area (Å²) in [4.78, 5) is 0. The Balaban J connectivity index is 2.37. The van der Waals surface area contributed by atoms with Crippen LogP contribution in [0.3, 0.4) is 0 Å². The monoisotopic (exact) mass is 250 g/mol. The van der Waals surface area contributed by atoms with Crippen LogP contribution >= 0.6 is 15.9 Å². The van der Waals surface area contributed by atoms with Crippen LogP contribution in [0.25, 0.3) is 0 Å². The molecule has 1 aromatic carbocycles. The molecule has 2 rings (SSSR count). The Morgan fingerprint density at radius 2 is 1.93 bits per heavy atom. The van der Waals surface area contributed by atoms with Gasteiger partial charge in [0.1, 0.15) is 5.76 Å². The third-order valence-electron chi connectivity index (χ3n) is 2.34. The molecule has 0 aliphatic rings. The highest BCUT2D eigenvalue weighted by Gasteiger charge is 2.12. The second-order valence-electron chi connectivity index (χ2n) is 3.26. The molecule has 0 saturated heterocycles. The Morgan fingerprint density at radius 1 is 1.14 bits per heavy atom. The minimum absolute atomic E-state index is 0.292. The summed E-state index contributed by atoms with van der Waals surface area (Å²) in [5.41, 5.74) is 1.25. The molecule has 0 amide bonds. The quantitative estimate of drug-likeness (QED) is 0.779. The number of furan rings is 1. The van der Waals surface area contributed by atoms with Crippen LogP contribution in [0, 0.1) is 0 Å². The van der Waals surface area contributed by atoms with Gasteiger partial charge in [-0.1, -0.05) is 41.1 Å². The minimum Gasteiger partial charge on any atom is -0.469 e. The van der Waals surface area contributed by atoms with Crippen molar-refractivity contribution in [3.8, 4) is 0 Å². The van der Waals surface area contributed by atoms with E-state index in [9.17, 15) is 0 Å². The van der Waals surface area contributed by atoms with E-state index < -0.39 is 0 Å². The van der Waals surface area contributed by atoms with Crippen molar-refractivity contribution in [2.75, 3.05) is 0 Å². The van der Waals surface area contributed by atoms with Crippen LogP contribution in [0.1, 0.15) is 24.2 Å². The molecule has 72 valence electrons. The van der Waals surface area contributed by atoms with Gasteiger partial charge in [-0.15, -0.1) is 0 Å². The molecule has 1 nitrogen and oxygen atoms in total. The Labute approximate surface area is 91.9 Å². The summed E-state index contributed by atoms with van der Waals surface area (Å²) in [6, 6.07) is 12.1. The van der Waals surface area contributed by atoms with Crippen molar-refractivity contribution in [1.29, 1.82) is 0 Å². The molecular weight excluding hydrogens is 240 g/mol. The van der Waals surface area contributed by atoms with Gasteiger partial charge < -0.3 is 4.42 Å². The van der Waals surface area contributed by atoms with Crippen molar-refractivity contribution in [2.24, 2.45) is 0 Å². The number of benzene rings is 1. The van der Waals surface area contributed by atoms with Crippen molar-refractivity contribution in [3.63, 3.8) is 0 Å². The van der Waals surface area contributed by atoms with E-state index >= 15 is 0 Å². The van der Waals surface area contributed by atoms with E-state index in [4.69, 9.17) is 4.42 Å². The summed E-state index contributed by atoms with van der Waals surface area (Å²) >= 11 is 3.54. The Morgan fingerprint density at radius 3 is 2.57 bits per heavy atom. The highest BCUT2D eigenvalue weighted by molar-refractivity contribution is 9.10. The maximum atomic E-state index is 5.38. The fourth-order valence-corrected chi connectivity index (χ4v) is 2.15. The number of halogens is 1. The first kappa shape index (κ1) is 9.53. The molecule has 0 bridgehead atoms. The number of hydrogen-bond acceptors (Lipinski definition) is 1. The summed E-state index contributed by atoms with van der Waals surface area (Å²) in [6.45, 7) is 2.14. The highest BCUT2D eigenvalue weighted by atomic mass is 79.9. The number of rotatable bonds is 2. The standard InChI is InChI=1S/C12H11BrO/c1-9(12-7-4-8-14-12)10-5-2-3-6-11(10)13/h2-9H,1H3. The molecule has 14 heavy (non-hydrogen) atoms. The molecule has 1 atom stereocenters. The van der Waals surface area contributed by atoms with Gasteiger partial charge in [-0.3, -0.25) is 0 Å². The van der Waals surface area contributed by atoms with Gasteiger partial charge in [-0.05, 0) is 23.8 Å². The van der Waals surface area contributed by atoms with E-state index in [1.165, 1.54) is 5.56 Å². The van der Waals surface area contributed by atoms with Crippen LogP contribution in [0.5, 0.6) is 0 Å². The zero-order chi connectivity index (χ0) is 9.97. The molecule has 2 aromatic rings. The third-order valence-corrected chi connectivity index (χ3v) is 3.06. The average Bonchev–Trinajstić information content (AvgIpc) is 2.70. The molecule has 0 spiro atoms. The lowest BCUT2D eigenvalue weighted by Crippen LogP contribution is -1.94. The second kappa shape index (κ2) is 4.01. The van der Waals surface area contributed by atoms with Crippen molar-refractivity contribution in [2.45, 2.75) is 12.8 Å². The van der Waals surface area contributed by atoms with Crippen LogP contribution < -0.4 is 0 Å². The van der Waals surface area contributed by atoms with Crippen LogP contribution in [-0.2, 0) is 0 Å². The second-order valence-corrected chi connectivity index (χ2v) is 4.11. The lowest BCUT2D eigenvalue weighted by atomic mass is 9.99. The fraction of sp³-hybridized carbons (Fsp3) is 0.167. The van der Waals surface area contributed by atoms with Crippen LogP contribution in [0.15, 0.2) is 51.6 Å². The zero-order valence-corrected chi connectivity index (χ0v) is 9.49. The summed E-state index contributed by atoms with van der Waals surface area (Å²) in [5.74, 6) is 1.29. The lowest BCUT2D eigenvalue weighted by molar-refractivity contribution is 0.495. The fourth-order valence-electron chi connectivity index (χ4n) is 1.52. The zero-order valence-electron chi connectivity index (χ0n) is 7.91. The third kappa shape index (κ3) is 1.75. The first-order chi connectivity index (χ1) is 6.79. The largest absolute Gasteiger partial charge is 0.469 e. The van der Waals surface area contributed by atoms with E-state index in [0.29, 0.717) is 5.92 Å². The minimum atomic E-state index is 0.292. The summed E-state index contributed by atoms with van der Waals surface area (Å²) in [6.07, 6.45) is 1.71. The molecule has 0 radical (unpaired) electrons. The van der Waals surface area contributed by atoms with E-state index in [-0.39, 0.29) is 0 Å². The van der Waals surface area contributed by atoms with E-state index in [0.717, 1.165) is 10.2 Å². The van der Waals surface area contributed by atoms with Crippen molar-refractivity contribution in [3.05, 3.63) is 58.5 Å². The topological polar surface area (TPSA) is 13.1 Å². The molecule has 0 aliphatic heterocycles. The molecule has 0 fully saturated rings. The van der Waals surface area contributed by atoms with Crippen molar-refractivity contribution >= 4 is 15.9 Å². The molecule has 0 saturated carbocycles. The molecule has 1 unspecified atom stereocenters. The summed E-state index contributed by atoms with van der Waals surface area (Å²) < 4.78 is 6.51. The van der Waals surface area contributed by atoms with E-state index in [1.807, 2.05) is 24.3 Å². The van der Waals surface area contributed by atoms with Gasteiger partial charge in [0.25, 0.3) is 0 Å². The normalized spacial score (nSPS) is 12.7. The highest BCUT2D eigenvalue weighted by Crippen LogP contribution is 2.29. The Hall–Kier alpha value is -1.02. The first-order valence-electron chi connectivity index (χ1n) is 4.57. The number of hydrogen-bond donors (Lipinski definition) is 0. The first-order valence-corrected chi connectivity index (χ1v) is 5.36. The Bertz CT molecular complexity index is 406. The smallest absolute Gasteiger partial charge is 0.110 e. The molecule has 0 N–H and O–H groups in total. The van der Waals surface area contributed by atoms with Crippen LogP contribution in [0.2, 0.25) is 0 Å². The lowest BCUT2D eigenvalue weighted by Gasteiger charge is -2.10. The Kier molecular flexibility index (Phi) is 2.73. The van der Waals surface area contributed by atoms with Crippen LogP contribution in [0.4, 0.5) is 0 Å². The molecule has 1 heterocycles. The molecular formula is C12H11BrO. The van der Waals surface area contributed by atoms with Gasteiger partial charge in [0, 0.05) is 10.4 Å². The van der Waals surface area contributed by atoms with E-state index in [2.05, 4.69) is 35.0 Å². The van der Waals surface area contributed by atoms with Gasteiger partial charge in [-0.2, -0.15) is 0 Å². The SMILES string of the molecule is CC(c1ccco1)c1ccccc1Br. The van der Waals surface area contributed by atoms with Crippen molar-refractivity contribution < 1.29 is 4.42 Å². The molecule has 2 heteroatoms. The van der Waals surface area contributed by atoms with Gasteiger partial charge in [0.2, 0.25) is 0 Å². The van der Waals surface area contributed by atoms with Gasteiger partial charge in [0.15, 0.2) is 0 Å². The van der Waals surface area contributed by atoms with E-state index in [1.54, 1.807) is 6.26 Å². The van der Waals surface area contributed by atoms with Crippen LogP contribution in [-0.4, -0.2) is 0 Å². The predicted octanol–water partition coefficient (Wildman–Crippen LogP) is 4.19. The van der Waals surface area contributed by atoms with Gasteiger partial charge >= 0.3 is 0 Å². The summed E-state index contributed by atoms with van der Waals surface area (Å²) in [7, 11) is 0. The predicted molar refractivity (Wildman–Crippen MR) is 60.4 cm³/mol. The van der Waals surface area contributed by atoms with Gasteiger partial charge in [-0.25, -0.2) is 0 Å². The van der Waals surface area contributed by atoms with Crippen molar-refractivity contribution in [1.82, 2.24) is 0 Å². The molecule has 1 aromatic heterocycles. The average molecular weight is 251 g/mol.